The van der Waals surface area contributed by atoms with Gasteiger partial charge >= 0.3 is 5.63 Å². The van der Waals surface area contributed by atoms with E-state index >= 15 is 0 Å². The number of benzene rings is 1. The van der Waals surface area contributed by atoms with E-state index in [1.165, 1.54) is 0 Å². The summed E-state index contributed by atoms with van der Waals surface area (Å²) < 4.78 is 5.56. The predicted octanol–water partition coefficient (Wildman–Crippen LogP) is 2.19. The Bertz CT molecular complexity index is 999. The maximum atomic E-state index is 12.5. The molecule has 0 amide bonds. The van der Waals surface area contributed by atoms with Crippen LogP contribution in [0.25, 0.3) is 11.0 Å². The van der Waals surface area contributed by atoms with Crippen molar-refractivity contribution in [2.45, 2.75) is 32.2 Å². The first-order chi connectivity index (χ1) is 12.1. The number of hydrogen-bond acceptors (Lipinski definition) is 4. The molecular weight excluding hydrogens is 340 g/mol. The number of hydrogen-bond donors (Lipinski definition) is 1. The minimum absolute atomic E-state index is 0.165. The highest BCUT2D eigenvalue weighted by atomic mass is 35.5. The number of halogens is 1. The molecule has 2 heterocycles. The summed E-state index contributed by atoms with van der Waals surface area (Å²) >= 11 is 6.20. The lowest BCUT2D eigenvalue weighted by Crippen LogP contribution is -2.76. The van der Waals surface area contributed by atoms with Crippen molar-refractivity contribution in [1.29, 1.82) is 0 Å². The third kappa shape index (κ3) is 2.90. The fourth-order valence-corrected chi connectivity index (χ4v) is 3.70. The van der Waals surface area contributed by atoms with Crippen LogP contribution in [0.2, 0.25) is 5.02 Å². The van der Waals surface area contributed by atoms with Crippen molar-refractivity contribution < 1.29 is 14.8 Å². The zero-order chi connectivity index (χ0) is 17.4. The third-order valence-corrected chi connectivity index (χ3v) is 5.00. The number of nitrogens with zero attached hydrogens (tertiary/aromatic N) is 1. The molecule has 4 rings (SSSR count). The Morgan fingerprint density at radius 1 is 1.24 bits per heavy atom. The van der Waals surface area contributed by atoms with Crippen molar-refractivity contribution in [3.63, 3.8) is 0 Å². The van der Waals surface area contributed by atoms with Crippen LogP contribution in [0, 0.1) is 0 Å². The zero-order valence-corrected chi connectivity index (χ0v) is 14.3. The number of pyridine rings is 1. The van der Waals surface area contributed by atoms with Gasteiger partial charge in [-0.1, -0.05) is 23.4 Å². The number of quaternary nitrogens is 1. The van der Waals surface area contributed by atoms with Gasteiger partial charge in [-0.3, -0.25) is 5.32 Å². The van der Waals surface area contributed by atoms with Crippen LogP contribution < -0.4 is 16.0 Å². The minimum Gasteiger partial charge on any atom is -0.871 e. The van der Waals surface area contributed by atoms with E-state index in [9.17, 15) is 9.90 Å². The van der Waals surface area contributed by atoms with E-state index < -0.39 is 0 Å². The highest BCUT2D eigenvalue weighted by Gasteiger charge is 2.21. The fourth-order valence-electron chi connectivity index (χ4n) is 3.48. The van der Waals surface area contributed by atoms with Gasteiger partial charge in [0.05, 0.1) is 0 Å². The summed E-state index contributed by atoms with van der Waals surface area (Å²) in [4.78, 5) is 16.6. The number of aromatic nitrogens is 1. The van der Waals surface area contributed by atoms with Crippen LogP contribution in [-0.2, 0) is 19.4 Å². The summed E-state index contributed by atoms with van der Waals surface area (Å²) in [7, 11) is 0. The molecule has 0 radical (unpaired) electrons. The monoisotopic (exact) mass is 356 g/mol. The molecular formula is C19H17ClN2O3. The molecule has 0 aliphatic heterocycles. The number of rotatable bonds is 3. The van der Waals surface area contributed by atoms with Gasteiger partial charge in [0.15, 0.2) is 0 Å². The lowest BCUT2D eigenvalue weighted by molar-refractivity contribution is -0.592. The molecule has 2 aromatic heterocycles. The number of fused-ring (bicyclic) bond motifs is 3. The smallest absolute Gasteiger partial charge is 0.339 e. The molecule has 0 atom stereocenters. The highest BCUT2D eigenvalue weighted by molar-refractivity contribution is 6.33. The van der Waals surface area contributed by atoms with Gasteiger partial charge in [0.1, 0.15) is 12.1 Å². The van der Waals surface area contributed by atoms with E-state index in [2.05, 4.69) is 4.98 Å². The normalized spacial score (nSPS) is 13.8. The van der Waals surface area contributed by atoms with Gasteiger partial charge in [0.2, 0.25) is 5.82 Å². The van der Waals surface area contributed by atoms with E-state index in [1.807, 2.05) is 23.5 Å². The molecule has 2 N–H and O–H groups in total. The van der Waals surface area contributed by atoms with Gasteiger partial charge in [-0.05, 0) is 43.4 Å². The molecule has 0 spiro atoms. The Labute approximate surface area is 149 Å². The molecule has 128 valence electrons. The number of aryl methyl sites for hydroxylation is 1. The molecule has 0 unspecified atom stereocenters. The van der Waals surface area contributed by atoms with Crippen molar-refractivity contribution in [3.05, 3.63) is 62.6 Å². The molecule has 0 bridgehead atoms. The first-order valence-electron chi connectivity index (χ1n) is 8.36. The van der Waals surface area contributed by atoms with Crippen molar-refractivity contribution >= 4 is 28.4 Å². The second-order valence-corrected chi connectivity index (χ2v) is 6.67. The van der Waals surface area contributed by atoms with E-state index in [0.29, 0.717) is 17.7 Å². The Kier molecular flexibility index (Phi) is 4.19. The minimum atomic E-state index is -0.331. The van der Waals surface area contributed by atoms with Gasteiger partial charge in [-0.25, -0.2) is 9.78 Å². The van der Waals surface area contributed by atoms with E-state index in [-0.39, 0.29) is 16.4 Å². The molecule has 1 aliphatic carbocycles. The maximum Gasteiger partial charge on any atom is 0.339 e. The Morgan fingerprint density at radius 3 is 2.80 bits per heavy atom. The molecule has 25 heavy (non-hydrogen) atoms. The molecule has 6 heteroatoms. The van der Waals surface area contributed by atoms with E-state index in [1.54, 1.807) is 12.3 Å². The molecule has 5 nitrogen and oxygen atoms in total. The lowest BCUT2D eigenvalue weighted by Gasteiger charge is -2.21. The molecule has 1 aromatic carbocycles. The standard InChI is InChI=1S/C19H17ClN2O3/c20-15-9-13-11-5-1-2-6-12(11)19(24)25-18(13)14(17(15)23)10-22-16-7-3-4-8-21-16/h3-4,7-9,23H,1-2,5-6,10H2,(H,21,22). The average molecular weight is 357 g/mol. The Balaban J connectivity index is 1.86. The molecule has 1 aliphatic rings. The first-order valence-corrected chi connectivity index (χ1v) is 8.74. The lowest BCUT2D eigenvalue weighted by atomic mass is 9.90. The fraction of sp³-hybridized carbons (Fsp3) is 0.263. The van der Waals surface area contributed by atoms with Crippen molar-refractivity contribution in [2.75, 3.05) is 0 Å². The molecule has 0 saturated heterocycles. The molecule has 0 saturated carbocycles. The predicted molar refractivity (Wildman–Crippen MR) is 93.1 cm³/mol. The summed E-state index contributed by atoms with van der Waals surface area (Å²) in [6.07, 6.45) is 5.24. The average Bonchev–Trinajstić information content (AvgIpc) is 2.64. The zero-order valence-electron chi connectivity index (χ0n) is 13.5. The van der Waals surface area contributed by atoms with E-state index in [4.69, 9.17) is 16.0 Å². The second-order valence-electron chi connectivity index (χ2n) is 6.26. The topological polar surface area (TPSA) is 82.8 Å². The van der Waals surface area contributed by atoms with Crippen LogP contribution in [0.3, 0.4) is 0 Å². The van der Waals surface area contributed by atoms with Gasteiger partial charge in [0, 0.05) is 33.8 Å². The first kappa shape index (κ1) is 16.1. The van der Waals surface area contributed by atoms with Crippen LogP contribution in [0.15, 0.2) is 39.7 Å². The van der Waals surface area contributed by atoms with Crippen molar-refractivity contribution in [3.8, 4) is 5.75 Å². The van der Waals surface area contributed by atoms with Gasteiger partial charge < -0.3 is 9.52 Å². The Morgan fingerprint density at radius 2 is 2.04 bits per heavy atom. The second kappa shape index (κ2) is 6.50. The van der Waals surface area contributed by atoms with Crippen molar-refractivity contribution in [2.24, 2.45) is 0 Å². The van der Waals surface area contributed by atoms with E-state index in [0.717, 1.165) is 48.0 Å². The largest absolute Gasteiger partial charge is 0.871 e. The van der Waals surface area contributed by atoms with Gasteiger partial charge in [-0.15, -0.1) is 0 Å². The van der Waals surface area contributed by atoms with Crippen LogP contribution in [0.4, 0.5) is 5.82 Å². The summed E-state index contributed by atoms with van der Waals surface area (Å²) in [6, 6.07) is 7.21. The van der Waals surface area contributed by atoms with Crippen molar-refractivity contribution in [1.82, 2.24) is 4.98 Å². The van der Waals surface area contributed by atoms with Crippen LogP contribution >= 0.6 is 11.6 Å². The van der Waals surface area contributed by atoms with Crippen LogP contribution in [-0.4, -0.2) is 4.98 Å². The SMILES string of the molecule is O=c1oc2c(C[NH2+]c3ccccn3)c([O-])c(Cl)cc2c2c1CCCC2. The summed E-state index contributed by atoms with van der Waals surface area (Å²) in [5, 5.41) is 15.3. The van der Waals surface area contributed by atoms with Crippen LogP contribution in [0.5, 0.6) is 5.75 Å². The van der Waals surface area contributed by atoms with Crippen LogP contribution in [0.1, 0.15) is 29.5 Å². The number of nitrogens with two attached hydrogens (primary N) is 1. The summed E-state index contributed by atoms with van der Waals surface area (Å²) in [5.74, 6) is 0.468. The highest BCUT2D eigenvalue weighted by Crippen LogP contribution is 2.36. The maximum absolute atomic E-state index is 12.5. The summed E-state index contributed by atoms with van der Waals surface area (Å²) in [5.41, 5.74) is 2.17. The van der Waals surface area contributed by atoms with Gasteiger partial charge in [0.25, 0.3) is 0 Å². The molecule has 3 aromatic rings. The summed E-state index contributed by atoms with van der Waals surface area (Å²) in [6.45, 7) is 0.314. The van der Waals surface area contributed by atoms with Gasteiger partial charge in [-0.2, -0.15) is 0 Å². The Hall–Kier alpha value is -2.37. The quantitative estimate of drug-likeness (QED) is 0.729. The molecule has 0 fully saturated rings. The third-order valence-electron chi connectivity index (χ3n) is 4.72.